The van der Waals surface area contributed by atoms with E-state index in [0.29, 0.717) is 6.10 Å². The molecule has 0 spiro atoms. The van der Waals surface area contributed by atoms with Crippen molar-refractivity contribution in [2.75, 3.05) is 13.2 Å². The predicted octanol–water partition coefficient (Wildman–Crippen LogP) is 1.57. The molecular weight excluding hydrogens is 128 g/mol. The quantitative estimate of drug-likeness (QED) is 0.616. The SMILES string of the molecule is CCCO[C@H](C)CCCO. The molecule has 0 unspecified atom stereocenters. The van der Waals surface area contributed by atoms with Crippen LogP contribution in [0.3, 0.4) is 0 Å². The van der Waals surface area contributed by atoms with Crippen molar-refractivity contribution in [1.82, 2.24) is 0 Å². The van der Waals surface area contributed by atoms with E-state index in [1.165, 1.54) is 0 Å². The van der Waals surface area contributed by atoms with Crippen molar-refractivity contribution < 1.29 is 9.84 Å². The van der Waals surface area contributed by atoms with Gasteiger partial charge in [0.05, 0.1) is 6.10 Å². The Morgan fingerprint density at radius 1 is 1.50 bits per heavy atom. The molecule has 2 nitrogen and oxygen atoms in total. The first-order valence-corrected chi connectivity index (χ1v) is 4.03. The highest BCUT2D eigenvalue weighted by Gasteiger charge is 1.98. The van der Waals surface area contributed by atoms with Crippen LogP contribution >= 0.6 is 0 Å². The Kier molecular flexibility index (Phi) is 6.98. The zero-order valence-corrected chi connectivity index (χ0v) is 6.97. The van der Waals surface area contributed by atoms with Gasteiger partial charge in [-0.1, -0.05) is 6.92 Å². The van der Waals surface area contributed by atoms with Gasteiger partial charge in [0, 0.05) is 13.2 Å². The van der Waals surface area contributed by atoms with Crippen LogP contribution in [0.1, 0.15) is 33.1 Å². The highest BCUT2D eigenvalue weighted by Crippen LogP contribution is 2.00. The molecule has 0 amide bonds. The van der Waals surface area contributed by atoms with Gasteiger partial charge in [-0.15, -0.1) is 0 Å². The fourth-order valence-electron chi connectivity index (χ4n) is 0.781. The molecule has 0 aliphatic carbocycles. The molecule has 2 heteroatoms. The van der Waals surface area contributed by atoms with Crippen LogP contribution < -0.4 is 0 Å². The Labute approximate surface area is 63.2 Å². The van der Waals surface area contributed by atoms with E-state index in [-0.39, 0.29) is 6.61 Å². The topological polar surface area (TPSA) is 29.5 Å². The van der Waals surface area contributed by atoms with Crippen LogP contribution in [0.4, 0.5) is 0 Å². The summed E-state index contributed by atoms with van der Waals surface area (Å²) in [6, 6.07) is 0. The highest BCUT2D eigenvalue weighted by atomic mass is 16.5. The van der Waals surface area contributed by atoms with Gasteiger partial charge in [-0.25, -0.2) is 0 Å². The molecule has 1 atom stereocenters. The molecular formula is C8H18O2. The molecule has 1 N–H and O–H groups in total. The van der Waals surface area contributed by atoms with Crippen molar-refractivity contribution >= 4 is 0 Å². The monoisotopic (exact) mass is 146 g/mol. The molecule has 0 heterocycles. The number of ether oxygens (including phenoxy) is 1. The number of hydrogen-bond donors (Lipinski definition) is 1. The standard InChI is InChI=1S/C8H18O2/c1-3-7-10-8(2)5-4-6-9/h8-9H,3-7H2,1-2H3/t8-/m1/s1. The first-order valence-electron chi connectivity index (χ1n) is 4.03. The fourth-order valence-corrected chi connectivity index (χ4v) is 0.781. The second-order valence-corrected chi connectivity index (χ2v) is 2.55. The van der Waals surface area contributed by atoms with Gasteiger partial charge < -0.3 is 9.84 Å². The van der Waals surface area contributed by atoms with E-state index in [2.05, 4.69) is 6.92 Å². The maximum Gasteiger partial charge on any atom is 0.0547 e. The van der Waals surface area contributed by atoms with Crippen molar-refractivity contribution in [3.05, 3.63) is 0 Å². The molecule has 0 fully saturated rings. The maximum atomic E-state index is 8.49. The summed E-state index contributed by atoms with van der Waals surface area (Å²) >= 11 is 0. The van der Waals surface area contributed by atoms with Crippen LogP contribution in [-0.4, -0.2) is 24.4 Å². The van der Waals surface area contributed by atoms with Crippen LogP contribution in [0.5, 0.6) is 0 Å². The second-order valence-electron chi connectivity index (χ2n) is 2.55. The van der Waals surface area contributed by atoms with E-state index < -0.39 is 0 Å². The summed E-state index contributed by atoms with van der Waals surface area (Å²) in [5.41, 5.74) is 0. The summed E-state index contributed by atoms with van der Waals surface area (Å²) in [7, 11) is 0. The lowest BCUT2D eigenvalue weighted by Crippen LogP contribution is -2.09. The van der Waals surface area contributed by atoms with E-state index in [1.54, 1.807) is 0 Å². The molecule has 0 aromatic heterocycles. The third-order valence-electron chi connectivity index (χ3n) is 1.38. The molecule has 0 bridgehead atoms. The molecule has 0 rings (SSSR count). The maximum absolute atomic E-state index is 8.49. The summed E-state index contributed by atoms with van der Waals surface area (Å²) in [4.78, 5) is 0. The van der Waals surface area contributed by atoms with E-state index in [4.69, 9.17) is 9.84 Å². The Bertz CT molecular complexity index is 56.3. The summed E-state index contributed by atoms with van der Waals surface area (Å²) in [6.45, 7) is 5.26. The van der Waals surface area contributed by atoms with Gasteiger partial charge in [0.15, 0.2) is 0 Å². The lowest BCUT2D eigenvalue weighted by atomic mass is 10.2. The minimum atomic E-state index is 0.278. The smallest absolute Gasteiger partial charge is 0.0547 e. The normalized spacial score (nSPS) is 13.5. The van der Waals surface area contributed by atoms with Crippen molar-refractivity contribution in [3.8, 4) is 0 Å². The van der Waals surface area contributed by atoms with Crippen molar-refractivity contribution in [2.24, 2.45) is 0 Å². The molecule has 0 aromatic carbocycles. The van der Waals surface area contributed by atoms with Crippen LogP contribution in [-0.2, 0) is 4.74 Å². The Morgan fingerprint density at radius 3 is 2.70 bits per heavy atom. The number of aliphatic hydroxyl groups excluding tert-OH is 1. The van der Waals surface area contributed by atoms with Gasteiger partial charge in [0.2, 0.25) is 0 Å². The molecule has 0 aromatic rings. The third-order valence-corrected chi connectivity index (χ3v) is 1.38. The zero-order valence-electron chi connectivity index (χ0n) is 6.97. The van der Waals surface area contributed by atoms with Gasteiger partial charge >= 0.3 is 0 Å². The number of rotatable bonds is 6. The van der Waals surface area contributed by atoms with Gasteiger partial charge in [0.25, 0.3) is 0 Å². The number of aliphatic hydroxyl groups is 1. The molecule has 0 radical (unpaired) electrons. The number of hydrogen-bond acceptors (Lipinski definition) is 2. The Balaban J connectivity index is 3.00. The van der Waals surface area contributed by atoms with Crippen molar-refractivity contribution in [2.45, 2.75) is 39.2 Å². The minimum Gasteiger partial charge on any atom is -0.396 e. The van der Waals surface area contributed by atoms with Crippen LogP contribution in [0.2, 0.25) is 0 Å². The zero-order chi connectivity index (χ0) is 7.82. The largest absolute Gasteiger partial charge is 0.396 e. The predicted molar refractivity (Wildman–Crippen MR) is 42.0 cm³/mol. The summed E-state index contributed by atoms with van der Waals surface area (Å²) in [5.74, 6) is 0. The summed E-state index contributed by atoms with van der Waals surface area (Å²) < 4.78 is 5.38. The van der Waals surface area contributed by atoms with E-state index >= 15 is 0 Å². The van der Waals surface area contributed by atoms with E-state index in [1.807, 2.05) is 6.92 Å². The Hall–Kier alpha value is -0.0800. The third kappa shape index (κ3) is 6.05. The van der Waals surface area contributed by atoms with Gasteiger partial charge in [0.1, 0.15) is 0 Å². The molecule has 10 heavy (non-hydrogen) atoms. The van der Waals surface area contributed by atoms with Crippen molar-refractivity contribution in [1.29, 1.82) is 0 Å². The molecule has 0 aliphatic rings. The Morgan fingerprint density at radius 2 is 2.20 bits per heavy atom. The minimum absolute atomic E-state index is 0.278. The molecule has 62 valence electrons. The van der Waals surface area contributed by atoms with Crippen LogP contribution in [0, 0.1) is 0 Å². The first kappa shape index (κ1) is 9.92. The fraction of sp³-hybridized carbons (Fsp3) is 1.00. The van der Waals surface area contributed by atoms with Crippen LogP contribution in [0.25, 0.3) is 0 Å². The first-order chi connectivity index (χ1) is 4.81. The molecule has 0 saturated carbocycles. The van der Waals surface area contributed by atoms with Gasteiger partial charge in [-0.2, -0.15) is 0 Å². The van der Waals surface area contributed by atoms with Gasteiger partial charge in [-0.05, 0) is 26.2 Å². The average molecular weight is 146 g/mol. The summed E-state index contributed by atoms with van der Waals surface area (Å²) in [6.07, 6.45) is 3.21. The highest BCUT2D eigenvalue weighted by molar-refractivity contribution is 4.48. The lowest BCUT2D eigenvalue weighted by Gasteiger charge is -2.10. The van der Waals surface area contributed by atoms with E-state index in [0.717, 1.165) is 25.9 Å². The van der Waals surface area contributed by atoms with Crippen molar-refractivity contribution in [3.63, 3.8) is 0 Å². The van der Waals surface area contributed by atoms with Gasteiger partial charge in [-0.3, -0.25) is 0 Å². The van der Waals surface area contributed by atoms with E-state index in [9.17, 15) is 0 Å². The average Bonchev–Trinajstić information content (AvgIpc) is 1.97. The molecule has 0 saturated heterocycles. The second kappa shape index (κ2) is 7.03. The lowest BCUT2D eigenvalue weighted by molar-refractivity contribution is 0.0558. The van der Waals surface area contributed by atoms with Crippen LogP contribution in [0.15, 0.2) is 0 Å². The molecule has 0 aliphatic heterocycles. The summed E-state index contributed by atoms with van der Waals surface area (Å²) in [5, 5.41) is 8.49.